The van der Waals surface area contributed by atoms with E-state index in [1.165, 1.54) is 6.42 Å². The number of amides is 1. The molecule has 98 valence electrons. The summed E-state index contributed by atoms with van der Waals surface area (Å²) in [7, 11) is 1.84. The van der Waals surface area contributed by atoms with Crippen molar-refractivity contribution in [3.63, 3.8) is 0 Å². The molecule has 1 aromatic carbocycles. The molecule has 1 unspecified atom stereocenters. The maximum atomic E-state index is 12.2. The van der Waals surface area contributed by atoms with Gasteiger partial charge in [-0.15, -0.1) is 0 Å². The van der Waals surface area contributed by atoms with E-state index in [4.69, 9.17) is 0 Å². The molecule has 0 saturated heterocycles. The molecule has 1 amide bonds. The van der Waals surface area contributed by atoms with Crippen molar-refractivity contribution >= 4 is 11.6 Å². The fourth-order valence-corrected chi connectivity index (χ4v) is 2.30. The van der Waals surface area contributed by atoms with Gasteiger partial charge < -0.3 is 10.6 Å². The third kappa shape index (κ3) is 2.66. The normalized spacial score (nSPS) is 20.3. The first-order valence-electron chi connectivity index (χ1n) is 6.50. The number of anilines is 1. The van der Waals surface area contributed by atoms with Crippen LogP contribution in [-0.4, -0.2) is 19.5 Å². The molecule has 3 heteroatoms. The largest absolute Gasteiger partial charge is 0.387 e. The van der Waals surface area contributed by atoms with Gasteiger partial charge in [0.05, 0.1) is 5.56 Å². The van der Waals surface area contributed by atoms with Crippen LogP contribution in [0.1, 0.15) is 36.2 Å². The van der Waals surface area contributed by atoms with Gasteiger partial charge in [0.25, 0.3) is 5.91 Å². The van der Waals surface area contributed by atoms with Gasteiger partial charge in [0, 0.05) is 19.3 Å². The molecule has 3 nitrogen and oxygen atoms in total. The molecule has 1 aromatic rings. The molecule has 0 aromatic heterocycles. The number of carbonyl (C=O) groups excluding carboxylic acids is 1. The Bertz CT molecular complexity index is 466. The molecular weight excluding hydrogens is 224 g/mol. The quantitative estimate of drug-likeness (QED) is 0.857. The molecule has 0 spiro atoms. The standard InChI is InChI=1S/C15H22N2O/c1-10-5-6-13(16-4)12(7-10)14(18)17-9-11-8-15(11,2)3/h5-7,11,16H,8-9H2,1-4H3,(H,17,18). The van der Waals surface area contributed by atoms with Crippen molar-refractivity contribution in [1.82, 2.24) is 5.32 Å². The van der Waals surface area contributed by atoms with Crippen molar-refractivity contribution in [2.45, 2.75) is 27.2 Å². The zero-order chi connectivity index (χ0) is 13.3. The van der Waals surface area contributed by atoms with Crippen molar-refractivity contribution in [1.29, 1.82) is 0 Å². The van der Waals surface area contributed by atoms with Gasteiger partial charge in [0.15, 0.2) is 0 Å². The molecule has 1 saturated carbocycles. The van der Waals surface area contributed by atoms with E-state index >= 15 is 0 Å². The molecular formula is C15H22N2O. The van der Waals surface area contributed by atoms with Crippen LogP contribution in [0, 0.1) is 18.3 Å². The van der Waals surface area contributed by atoms with Crippen LogP contribution in [0.15, 0.2) is 18.2 Å². The highest BCUT2D eigenvalue weighted by Crippen LogP contribution is 2.50. The van der Waals surface area contributed by atoms with E-state index < -0.39 is 0 Å². The van der Waals surface area contributed by atoms with Gasteiger partial charge in [-0.25, -0.2) is 0 Å². The van der Waals surface area contributed by atoms with Crippen molar-refractivity contribution in [3.8, 4) is 0 Å². The Morgan fingerprint density at radius 1 is 1.44 bits per heavy atom. The number of carbonyl (C=O) groups is 1. The van der Waals surface area contributed by atoms with Crippen LogP contribution in [0.3, 0.4) is 0 Å². The molecule has 0 radical (unpaired) electrons. The number of aryl methyl sites for hydroxylation is 1. The number of benzene rings is 1. The van der Waals surface area contributed by atoms with Gasteiger partial charge in [-0.3, -0.25) is 4.79 Å². The minimum absolute atomic E-state index is 0.0192. The van der Waals surface area contributed by atoms with E-state index in [2.05, 4.69) is 24.5 Å². The molecule has 0 bridgehead atoms. The van der Waals surface area contributed by atoms with E-state index in [-0.39, 0.29) is 5.91 Å². The molecule has 0 heterocycles. The average Bonchev–Trinajstić information content (AvgIpc) is 2.94. The summed E-state index contributed by atoms with van der Waals surface area (Å²) in [5, 5.41) is 6.10. The van der Waals surface area contributed by atoms with Crippen molar-refractivity contribution in [2.75, 3.05) is 18.9 Å². The lowest BCUT2D eigenvalue weighted by Crippen LogP contribution is -2.27. The van der Waals surface area contributed by atoms with E-state index in [0.717, 1.165) is 23.4 Å². The second kappa shape index (κ2) is 4.63. The number of nitrogens with one attached hydrogen (secondary N) is 2. The minimum Gasteiger partial charge on any atom is -0.387 e. The van der Waals surface area contributed by atoms with Crippen LogP contribution in [0.25, 0.3) is 0 Å². The maximum Gasteiger partial charge on any atom is 0.253 e. The SMILES string of the molecule is CNc1ccc(C)cc1C(=O)NCC1CC1(C)C. The summed E-state index contributed by atoms with van der Waals surface area (Å²) < 4.78 is 0. The zero-order valence-electron chi connectivity index (χ0n) is 11.6. The Morgan fingerprint density at radius 3 is 2.67 bits per heavy atom. The van der Waals surface area contributed by atoms with Crippen LogP contribution in [0.4, 0.5) is 5.69 Å². The van der Waals surface area contributed by atoms with Gasteiger partial charge in [0.2, 0.25) is 0 Å². The maximum absolute atomic E-state index is 12.2. The van der Waals surface area contributed by atoms with Gasteiger partial charge in [-0.05, 0) is 36.8 Å². The summed E-state index contributed by atoms with van der Waals surface area (Å²) in [4.78, 5) is 12.2. The Kier molecular flexibility index (Phi) is 3.33. The Labute approximate surface area is 109 Å². The lowest BCUT2D eigenvalue weighted by atomic mass is 10.1. The second-order valence-electron chi connectivity index (χ2n) is 5.90. The highest BCUT2D eigenvalue weighted by Gasteiger charge is 2.45. The second-order valence-corrected chi connectivity index (χ2v) is 5.90. The van der Waals surface area contributed by atoms with Crippen LogP contribution in [-0.2, 0) is 0 Å². The van der Waals surface area contributed by atoms with Crippen LogP contribution < -0.4 is 10.6 Å². The van der Waals surface area contributed by atoms with Gasteiger partial charge in [-0.2, -0.15) is 0 Å². The van der Waals surface area contributed by atoms with E-state index in [1.54, 1.807) is 0 Å². The Balaban J connectivity index is 2.02. The summed E-state index contributed by atoms with van der Waals surface area (Å²) in [6, 6.07) is 5.89. The van der Waals surface area contributed by atoms with E-state index in [0.29, 0.717) is 11.3 Å². The highest BCUT2D eigenvalue weighted by molar-refractivity contribution is 5.99. The molecule has 1 fully saturated rings. The monoisotopic (exact) mass is 246 g/mol. The number of hydrogen-bond acceptors (Lipinski definition) is 2. The predicted molar refractivity (Wildman–Crippen MR) is 74.9 cm³/mol. The molecule has 2 N–H and O–H groups in total. The summed E-state index contributed by atoms with van der Waals surface area (Å²) in [5.41, 5.74) is 3.13. The van der Waals surface area contributed by atoms with Crippen LogP contribution in [0.2, 0.25) is 0 Å². The topological polar surface area (TPSA) is 41.1 Å². The summed E-state index contributed by atoms with van der Waals surface area (Å²) in [5.74, 6) is 0.648. The third-order valence-electron chi connectivity index (χ3n) is 3.92. The molecule has 18 heavy (non-hydrogen) atoms. The summed E-state index contributed by atoms with van der Waals surface area (Å²) >= 11 is 0. The van der Waals surface area contributed by atoms with Crippen molar-refractivity contribution in [3.05, 3.63) is 29.3 Å². The van der Waals surface area contributed by atoms with Crippen molar-refractivity contribution in [2.24, 2.45) is 11.3 Å². The van der Waals surface area contributed by atoms with Crippen LogP contribution >= 0.6 is 0 Å². The first kappa shape index (κ1) is 12.9. The molecule has 0 aliphatic heterocycles. The van der Waals surface area contributed by atoms with Crippen molar-refractivity contribution < 1.29 is 4.79 Å². The Morgan fingerprint density at radius 2 is 2.11 bits per heavy atom. The molecule has 1 atom stereocenters. The lowest BCUT2D eigenvalue weighted by Gasteiger charge is -2.11. The molecule has 1 aliphatic rings. The first-order chi connectivity index (χ1) is 8.44. The first-order valence-corrected chi connectivity index (χ1v) is 6.50. The minimum atomic E-state index is 0.0192. The van der Waals surface area contributed by atoms with E-state index in [9.17, 15) is 4.79 Å². The fourth-order valence-electron chi connectivity index (χ4n) is 2.30. The van der Waals surface area contributed by atoms with Gasteiger partial charge >= 0.3 is 0 Å². The number of rotatable bonds is 4. The summed E-state index contributed by atoms with van der Waals surface area (Å²) in [6.07, 6.45) is 1.21. The third-order valence-corrected chi connectivity index (χ3v) is 3.92. The van der Waals surface area contributed by atoms with Gasteiger partial charge in [-0.1, -0.05) is 25.5 Å². The van der Waals surface area contributed by atoms with E-state index in [1.807, 2.05) is 32.2 Å². The average molecular weight is 246 g/mol. The fraction of sp³-hybridized carbons (Fsp3) is 0.533. The molecule has 1 aliphatic carbocycles. The summed E-state index contributed by atoms with van der Waals surface area (Å²) in [6.45, 7) is 7.27. The predicted octanol–water partition coefficient (Wildman–Crippen LogP) is 2.81. The lowest BCUT2D eigenvalue weighted by molar-refractivity contribution is 0.0951. The zero-order valence-corrected chi connectivity index (χ0v) is 11.6. The Hall–Kier alpha value is -1.51. The highest BCUT2D eigenvalue weighted by atomic mass is 16.1. The smallest absolute Gasteiger partial charge is 0.253 e. The van der Waals surface area contributed by atoms with Gasteiger partial charge in [0.1, 0.15) is 0 Å². The number of hydrogen-bond donors (Lipinski definition) is 2. The molecule has 2 rings (SSSR count). The van der Waals surface area contributed by atoms with Crippen LogP contribution in [0.5, 0.6) is 0 Å².